The molecular formula is C14H24N2O3S. The van der Waals surface area contributed by atoms with Crippen LogP contribution >= 0.6 is 0 Å². The van der Waals surface area contributed by atoms with Crippen molar-refractivity contribution in [2.75, 3.05) is 33.9 Å². The Bertz CT molecular complexity index is 486. The molecule has 114 valence electrons. The van der Waals surface area contributed by atoms with Gasteiger partial charge in [0.15, 0.2) is 0 Å². The van der Waals surface area contributed by atoms with E-state index in [0.717, 1.165) is 17.7 Å². The lowest BCUT2D eigenvalue weighted by molar-refractivity contribution is 0.138. The number of likely N-dealkylation sites (N-methyl/N-ethyl adjacent to an activating group) is 1. The van der Waals surface area contributed by atoms with Crippen LogP contribution in [0.4, 0.5) is 0 Å². The Kier molecular flexibility index (Phi) is 7.15. The average molecular weight is 300 g/mol. The smallest absolute Gasteiger partial charge is 0.218 e. The highest BCUT2D eigenvalue weighted by Gasteiger charge is 2.18. The normalized spacial score (nSPS) is 12.0. The summed E-state index contributed by atoms with van der Waals surface area (Å²) in [4.78, 5) is 0. The molecule has 6 heteroatoms. The highest BCUT2D eigenvalue weighted by molar-refractivity contribution is 7.88. The quantitative estimate of drug-likeness (QED) is 0.696. The van der Waals surface area contributed by atoms with E-state index >= 15 is 0 Å². The maximum atomic E-state index is 12.2. The molecule has 0 aliphatic heterocycles. The summed E-state index contributed by atoms with van der Waals surface area (Å²) < 4.78 is 30.9. The number of ether oxygens (including phenoxy) is 1. The lowest BCUT2D eigenvalue weighted by Crippen LogP contribution is -2.31. The molecule has 0 heterocycles. The van der Waals surface area contributed by atoms with Crippen molar-refractivity contribution in [2.45, 2.75) is 19.2 Å². The van der Waals surface area contributed by atoms with Gasteiger partial charge >= 0.3 is 0 Å². The first-order valence-electron chi connectivity index (χ1n) is 6.73. The number of benzene rings is 1. The second-order valence-corrected chi connectivity index (χ2v) is 6.70. The first-order chi connectivity index (χ1) is 9.49. The second kappa shape index (κ2) is 8.36. The standard InChI is InChI=1S/C14H24N2O3S/c1-4-19-10-9-16(3)20(17,18)12-14-7-5-13(6-8-14)11-15-2/h5-8,15H,4,9-12H2,1-3H3. The Hall–Kier alpha value is -0.950. The molecule has 1 rings (SSSR count). The van der Waals surface area contributed by atoms with Crippen molar-refractivity contribution in [3.63, 3.8) is 0 Å². The van der Waals surface area contributed by atoms with E-state index in [4.69, 9.17) is 4.74 Å². The summed E-state index contributed by atoms with van der Waals surface area (Å²) in [5.41, 5.74) is 1.94. The summed E-state index contributed by atoms with van der Waals surface area (Å²) in [5, 5.41) is 3.06. The monoisotopic (exact) mass is 300 g/mol. The van der Waals surface area contributed by atoms with E-state index in [2.05, 4.69) is 5.32 Å². The van der Waals surface area contributed by atoms with Gasteiger partial charge in [-0.25, -0.2) is 12.7 Å². The van der Waals surface area contributed by atoms with Gasteiger partial charge in [0.05, 0.1) is 12.4 Å². The van der Waals surface area contributed by atoms with Crippen LogP contribution in [0.25, 0.3) is 0 Å². The number of hydrogen-bond acceptors (Lipinski definition) is 4. The molecule has 20 heavy (non-hydrogen) atoms. The fourth-order valence-electron chi connectivity index (χ4n) is 1.75. The molecule has 0 fully saturated rings. The Labute approximate surface area is 122 Å². The number of nitrogens with zero attached hydrogens (tertiary/aromatic N) is 1. The zero-order chi connectivity index (χ0) is 15.0. The third-order valence-corrected chi connectivity index (χ3v) is 4.81. The van der Waals surface area contributed by atoms with Crippen LogP contribution in [0.5, 0.6) is 0 Å². The topological polar surface area (TPSA) is 58.6 Å². The van der Waals surface area contributed by atoms with Gasteiger partial charge in [0.25, 0.3) is 0 Å². The highest BCUT2D eigenvalue weighted by Crippen LogP contribution is 2.11. The molecule has 1 aromatic rings. The Morgan fingerprint density at radius 2 is 1.80 bits per heavy atom. The summed E-state index contributed by atoms with van der Waals surface area (Å²) in [6.45, 7) is 4.07. The molecule has 5 nitrogen and oxygen atoms in total. The maximum Gasteiger partial charge on any atom is 0.218 e. The molecule has 0 saturated carbocycles. The summed E-state index contributed by atoms with van der Waals surface area (Å²) in [7, 11) is 0.186. The van der Waals surface area contributed by atoms with Gasteiger partial charge in [-0.05, 0) is 25.1 Å². The lowest BCUT2D eigenvalue weighted by atomic mass is 10.1. The molecular weight excluding hydrogens is 276 g/mol. The van der Waals surface area contributed by atoms with Crippen LogP contribution in [0.1, 0.15) is 18.1 Å². The summed E-state index contributed by atoms with van der Waals surface area (Å²) in [6, 6.07) is 7.62. The molecule has 0 saturated heterocycles. The molecule has 0 atom stereocenters. The van der Waals surface area contributed by atoms with E-state index in [1.807, 2.05) is 38.2 Å². The van der Waals surface area contributed by atoms with Gasteiger partial charge < -0.3 is 10.1 Å². The molecule has 0 aliphatic rings. The van der Waals surface area contributed by atoms with E-state index in [0.29, 0.717) is 19.8 Å². The number of nitrogens with one attached hydrogen (secondary N) is 1. The van der Waals surface area contributed by atoms with Gasteiger partial charge in [-0.15, -0.1) is 0 Å². The molecule has 0 unspecified atom stereocenters. The van der Waals surface area contributed by atoms with Gasteiger partial charge in [0.1, 0.15) is 0 Å². The zero-order valence-corrected chi connectivity index (χ0v) is 13.2. The Balaban J connectivity index is 2.60. The predicted molar refractivity (Wildman–Crippen MR) is 81.0 cm³/mol. The van der Waals surface area contributed by atoms with Gasteiger partial charge in [-0.3, -0.25) is 0 Å². The van der Waals surface area contributed by atoms with Gasteiger partial charge in [0, 0.05) is 26.7 Å². The minimum atomic E-state index is -3.28. The third-order valence-electron chi connectivity index (χ3n) is 2.98. The van der Waals surface area contributed by atoms with E-state index in [9.17, 15) is 8.42 Å². The van der Waals surface area contributed by atoms with Crippen molar-refractivity contribution in [3.8, 4) is 0 Å². The van der Waals surface area contributed by atoms with Gasteiger partial charge in [-0.2, -0.15) is 0 Å². The van der Waals surface area contributed by atoms with E-state index in [1.165, 1.54) is 4.31 Å². The van der Waals surface area contributed by atoms with Crippen LogP contribution < -0.4 is 5.32 Å². The molecule has 0 spiro atoms. The fourth-order valence-corrected chi connectivity index (χ4v) is 2.94. The van der Waals surface area contributed by atoms with Gasteiger partial charge in [0.2, 0.25) is 10.0 Å². The van der Waals surface area contributed by atoms with Crippen molar-refractivity contribution >= 4 is 10.0 Å². The molecule has 0 radical (unpaired) electrons. The van der Waals surface area contributed by atoms with Crippen molar-refractivity contribution in [1.29, 1.82) is 0 Å². The minimum Gasteiger partial charge on any atom is -0.380 e. The molecule has 0 bridgehead atoms. The lowest BCUT2D eigenvalue weighted by Gasteiger charge is -2.17. The highest BCUT2D eigenvalue weighted by atomic mass is 32.2. The van der Waals surface area contributed by atoms with E-state index in [-0.39, 0.29) is 5.75 Å². The summed E-state index contributed by atoms with van der Waals surface area (Å²) >= 11 is 0. The van der Waals surface area contributed by atoms with E-state index < -0.39 is 10.0 Å². The van der Waals surface area contributed by atoms with E-state index in [1.54, 1.807) is 7.05 Å². The van der Waals surface area contributed by atoms with Crippen LogP contribution in [0, 0.1) is 0 Å². The number of rotatable bonds is 9. The molecule has 0 amide bonds. The van der Waals surface area contributed by atoms with Crippen molar-refractivity contribution < 1.29 is 13.2 Å². The van der Waals surface area contributed by atoms with Crippen LogP contribution in [-0.4, -0.2) is 46.6 Å². The summed E-state index contributed by atoms with van der Waals surface area (Å²) in [5.74, 6) is 0.0233. The van der Waals surface area contributed by atoms with Crippen LogP contribution in [0.3, 0.4) is 0 Å². The minimum absolute atomic E-state index is 0.0233. The fraction of sp³-hybridized carbons (Fsp3) is 0.571. The number of sulfonamides is 1. The molecule has 1 N–H and O–H groups in total. The molecule has 0 aliphatic carbocycles. The van der Waals surface area contributed by atoms with Crippen molar-refractivity contribution in [3.05, 3.63) is 35.4 Å². The van der Waals surface area contributed by atoms with Crippen molar-refractivity contribution in [2.24, 2.45) is 0 Å². The maximum absolute atomic E-state index is 12.2. The Morgan fingerprint density at radius 1 is 1.20 bits per heavy atom. The van der Waals surface area contributed by atoms with Crippen LogP contribution in [-0.2, 0) is 27.1 Å². The molecule has 1 aromatic carbocycles. The first kappa shape index (κ1) is 17.1. The predicted octanol–water partition coefficient (Wildman–Crippen LogP) is 1.20. The first-order valence-corrected chi connectivity index (χ1v) is 8.34. The second-order valence-electron chi connectivity index (χ2n) is 4.62. The van der Waals surface area contributed by atoms with Crippen LogP contribution in [0.2, 0.25) is 0 Å². The van der Waals surface area contributed by atoms with Crippen molar-refractivity contribution in [1.82, 2.24) is 9.62 Å². The SMILES string of the molecule is CCOCCN(C)S(=O)(=O)Cc1ccc(CNC)cc1. The average Bonchev–Trinajstić information content (AvgIpc) is 2.41. The zero-order valence-electron chi connectivity index (χ0n) is 12.4. The molecule has 0 aromatic heterocycles. The Morgan fingerprint density at radius 3 is 2.35 bits per heavy atom. The number of hydrogen-bond donors (Lipinski definition) is 1. The summed E-state index contributed by atoms with van der Waals surface area (Å²) in [6.07, 6.45) is 0. The third kappa shape index (κ3) is 5.58. The largest absolute Gasteiger partial charge is 0.380 e. The van der Waals surface area contributed by atoms with Crippen LogP contribution in [0.15, 0.2) is 24.3 Å². The van der Waals surface area contributed by atoms with Gasteiger partial charge in [-0.1, -0.05) is 24.3 Å².